The number of carbonyl (C=O) groups is 1. The van der Waals surface area contributed by atoms with Crippen molar-refractivity contribution in [3.05, 3.63) is 59.5 Å². The van der Waals surface area contributed by atoms with Gasteiger partial charge in [0.2, 0.25) is 11.7 Å². The van der Waals surface area contributed by atoms with Crippen LogP contribution in [0.1, 0.15) is 21.8 Å². The standard InChI is InChI=1S/C19H19N3O4/c1-12-4-6-13(7-5-12)18-21-17(26-22-18)11-20-19(23)15-9-8-14(24-2)10-16(15)25-3/h4-10H,11H2,1-3H3,(H,20,23). The molecule has 0 saturated heterocycles. The number of hydrogen-bond acceptors (Lipinski definition) is 6. The Hall–Kier alpha value is -3.35. The summed E-state index contributed by atoms with van der Waals surface area (Å²) in [6.45, 7) is 2.13. The van der Waals surface area contributed by atoms with Crippen LogP contribution in [0.4, 0.5) is 0 Å². The predicted octanol–water partition coefficient (Wildman–Crippen LogP) is 2.99. The van der Waals surface area contributed by atoms with Crippen molar-refractivity contribution in [2.45, 2.75) is 13.5 Å². The highest BCUT2D eigenvalue weighted by molar-refractivity contribution is 5.97. The average molecular weight is 353 g/mol. The summed E-state index contributed by atoms with van der Waals surface area (Å²) in [6, 6.07) is 12.8. The lowest BCUT2D eigenvalue weighted by Crippen LogP contribution is -2.23. The fourth-order valence-corrected chi connectivity index (χ4v) is 2.38. The van der Waals surface area contributed by atoms with Crippen LogP contribution in [0.25, 0.3) is 11.4 Å². The molecular formula is C19H19N3O4. The quantitative estimate of drug-likeness (QED) is 0.733. The molecule has 7 nitrogen and oxygen atoms in total. The Kier molecular flexibility index (Phi) is 5.17. The van der Waals surface area contributed by atoms with Gasteiger partial charge in [-0.2, -0.15) is 4.98 Å². The number of amides is 1. The van der Waals surface area contributed by atoms with Crippen molar-refractivity contribution in [3.8, 4) is 22.9 Å². The van der Waals surface area contributed by atoms with Gasteiger partial charge in [-0.25, -0.2) is 0 Å². The van der Waals surface area contributed by atoms with Gasteiger partial charge in [-0.3, -0.25) is 4.79 Å². The van der Waals surface area contributed by atoms with Gasteiger partial charge >= 0.3 is 0 Å². The van der Waals surface area contributed by atoms with Crippen LogP contribution in [0, 0.1) is 6.92 Å². The van der Waals surface area contributed by atoms with Gasteiger partial charge in [0.25, 0.3) is 5.91 Å². The van der Waals surface area contributed by atoms with E-state index < -0.39 is 0 Å². The van der Waals surface area contributed by atoms with Crippen LogP contribution < -0.4 is 14.8 Å². The van der Waals surface area contributed by atoms with Crippen LogP contribution in [0.5, 0.6) is 11.5 Å². The van der Waals surface area contributed by atoms with Crippen molar-refractivity contribution in [2.75, 3.05) is 14.2 Å². The number of carbonyl (C=O) groups excluding carboxylic acids is 1. The number of hydrogen-bond donors (Lipinski definition) is 1. The van der Waals surface area contributed by atoms with E-state index in [2.05, 4.69) is 15.5 Å². The van der Waals surface area contributed by atoms with E-state index in [1.807, 2.05) is 31.2 Å². The lowest BCUT2D eigenvalue weighted by molar-refractivity contribution is 0.0943. The van der Waals surface area contributed by atoms with Crippen LogP contribution in [-0.2, 0) is 6.54 Å². The SMILES string of the molecule is COc1ccc(C(=O)NCc2nc(-c3ccc(C)cc3)no2)c(OC)c1. The Labute approximate surface area is 150 Å². The molecule has 0 aliphatic rings. The molecule has 1 heterocycles. The van der Waals surface area contributed by atoms with E-state index in [-0.39, 0.29) is 12.5 Å². The first-order valence-corrected chi connectivity index (χ1v) is 8.00. The van der Waals surface area contributed by atoms with Gasteiger partial charge in [-0.05, 0) is 19.1 Å². The number of benzene rings is 2. The summed E-state index contributed by atoms with van der Waals surface area (Å²) in [6.07, 6.45) is 0. The third-order valence-electron chi connectivity index (χ3n) is 3.83. The molecule has 0 saturated carbocycles. The Morgan fingerprint density at radius 3 is 2.58 bits per heavy atom. The molecule has 1 N–H and O–H groups in total. The molecule has 3 aromatic rings. The molecule has 0 unspecified atom stereocenters. The first-order chi connectivity index (χ1) is 12.6. The van der Waals surface area contributed by atoms with Gasteiger partial charge in [0.1, 0.15) is 11.5 Å². The van der Waals surface area contributed by atoms with Crippen molar-refractivity contribution in [1.29, 1.82) is 0 Å². The molecular weight excluding hydrogens is 334 g/mol. The second-order valence-electron chi connectivity index (χ2n) is 5.63. The smallest absolute Gasteiger partial charge is 0.255 e. The number of ether oxygens (including phenoxy) is 2. The van der Waals surface area contributed by atoms with Crippen LogP contribution in [0.3, 0.4) is 0 Å². The van der Waals surface area contributed by atoms with E-state index in [1.165, 1.54) is 7.11 Å². The van der Waals surface area contributed by atoms with Crippen LogP contribution >= 0.6 is 0 Å². The molecule has 2 aromatic carbocycles. The van der Waals surface area contributed by atoms with Crippen molar-refractivity contribution in [1.82, 2.24) is 15.5 Å². The predicted molar refractivity (Wildman–Crippen MR) is 95.2 cm³/mol. The first kappa shape index (κ1) is 17.5. The minimum Gasteiger partial charge on any atom is -0.497 e. The molecule has 0 aliphatic carbocycles. The molecule has 0 radical (unpaired) electrons. The third-order valence-corrected chi connectivity index (χ3v) is 3.83. The molecule has 26 heavy (non-hydrogen) atoms. The molecule has 0 fully saturated rings. The molecule has 0 bridgehead atoms. The van der Waals surface area contributed by atoms with Gasteiger partial charge < -0.3 is 19.3 Å². The number of aryl methyl sites for hydroxylation is 1. The normalized spacial score (nSPS) is 10.4. The largest absolute Gasteiger partial charge is 0.497 e. The molecule has 0 spiro atoms. The lowest BCUT2D eigenvalue weighted by atomic mass is 10.1. The number of aromatic nitrogens is 2. The van der Waals surface area contributed by atoms with Gasteiger partial charge in [-0.1, -0.05) is 35.0 Å². The van der Waals surface area contributed by atoms with Gasteiger partial charge in [0.05, 0.1) is 26.3 Å². The topological polar surface area (TPSA) is 86.5 Å². The summed E-state index contributed by atoms with van der Waals surface area (Å²) in [7, 11) is 3.05. The Morgan fingerprint density at radius 1 is 1.12 bits per heavy atom. The van der Waals surface area contributed by atoms with E-state index in [0.29, 0.717) is 28.8 Å². The van der Waals surface area contributed by atoms with Crippen molar-refractivity contribution in [2.24, 2.45) is 0 Å². The van der Waals surface area contributed by atoms with E-state index in [0.717, 1.165) is 11.1 Å². The minimum absolute atomic E-state index is 0.118. The molecule has 7 heteroatoms. The Morgan fingerprint density at radius 2 is 1.88 bits per heavy atom. The molecule has 134 valence electrons. The third kappa shape index (κ3) is 3.83. The van der Waals surface area contributed by atoms with Crippen molar-refractivity contribution < 1.29 is 18.8 Å². The fraction of sp³-hybridized carbons (Fsp3) is 0.211. The maximum atomic E-state index is 12.4. The highest BCUT2D eigenvalue weighted by Gasteiger charge is 2.15. The summed E-state index contributed by atoms with van der Waals surface area (Å²) >= 11 is 0. The Bertz CT molecular complexity index is 903. The lowest BCUT2D eigenvalue weighted by Gasteiger charge is -2.09. The second kappa shape index (κ2) is 7.69. The highest BCUT2D eigenvalue weighted by Crippen LogP contribution is 2.24. The summed E-state index contributed by atoms with van der Waals surface area (Å²) < 4.78 is 15.6. The first-order valence-electron chi connectivity index (χ1n) is 8.00. The molecule has 3 rings (SSSR count). The number of methoxy groups -OCH3 is 2. The van der Waals surface area contributed by atoms with Crippen LogP contribution in [0.2, 0.25) is 0 Å². The van der Waals surface area contributed by atoms with E-state index >= 15 is 0 Å². The molecule has 1 aromatic heterocycles. The summed E-state index contributed by atoms with van der Waals surface area (Å²) in [5.41, 5.74) is 2.40. The van der Waals surface area contributed by atoms with Crippen LogP contribution in [-0.4, -0.2) is 30.3 Å². The number of rotatable bonds is 6. The van der Waals surface area contributed by atoms with Gasteiger partial charge in [0, 0.05) is 11.6 Å². The maximum absolute atomic E-state index is 12.4. The minimum atomic E-state index is -0.306. The maximum Gasteiger partial charge on any atom is 0.255 e. The van der Waals surface area contributed by atoms with Gasteiger partial charge in [0.15, 0.2) is 0 Å². The van der Waals surface area contributed by atoms with Crippen molar-refractivity contribution >= 4 is 5.91 Å². The zero-order valence-corrected chi connectivity index (χ0v) is 14.8. The van der Waals surface area contributed by atoms with E-state index in [4.69, 9.17) is 14.0 Å². The van der Waals surface area contributed by atoms with E-state index in [9.17, 15) is 4.79 Å². The number of nitrogens with one attached hydrogen (secondary N) is 1. The fourth-order valence-electron chi connectivity index (χ4n) is 2.38. The number of nitrogens with zero attached hydrogens (tertiary/aromatic N) is 2. The van der Waals surface area contributed by atoms with E-state index in [1.54, 1.807) is 25.3 Å². The zero-order valence-electron chi connectivity index (χ0n) is 14.8. The second-order valence-corrected chi connectivity index (χ2v) is 5.63. The Balaban J connectivity index is 1.68. The molecule has 0 aliphatic heterocycles. The molecule has 0 atom stereocenters. The summed E-state index contributed by atoms with van der Waals surface area (Å²) in [5.74, 6) is 1.53. The summed E-state index contributed by atoms with van der Waals surface area (Å²) in [5, 5.41) is 6.69. The molecule has 1 amide bonds. The van der Waals surface area contributed by atoms with Crippen LogP contribution in [0.15, 0.2) is 47.0 Å². The van der Waals surface area contributed by atoms with Crippen molar-refractivity contribution in [3.63, 3.8) is 0 Å². The monoisotopic (exact) mass is 353 g/mol. The highest BCUT2D eigenvalue weighted by atomic mass is 16.5. The zero-order chi connectivity index (χ0) is 18.5. The summed E-state index contributed by atoms with van der Waals surface area (Å²) in [4.78, 5) is 16.7. The average Bonchev–Trinajstić information content (AvgIpc) is 3.15. The van der Waals surface area contributed by atoms with Gasteiger partial charge in [-0.15, -0.1) is 0 Å².